The molecule has 4 rings (SSSR count). The lowest BCUT2D eigenvalue weighted by molar-refractivity contribution is -0.131. The van der Waals surface area contributed by atoms with E-state index in [9.17, 15) is 4.79 Å². The number of nitrogens with zero attached hydrogens (tertiary/aromatic N) is 5. The predicted molar refractivity (Wildman–Crippen MR) is 101 cm³/mol. The lowest BCUT2D eigenvalue weighted by Crippen LogP contribution is -2.42. The molecule has 1 aliphatic heterocycles. The van der Waals surface area contributed by atoms with Crippen molar-refractivity contribution in [3.05, 3.63) is 35.9 Å². The molecule has 1 amide bonds. The molecule has 138 valence electrons. The van der Waals surface area contributed by atoms with E-state index in [-0.39, 0.29) is 11.2 Å². The second-order valence-electron chi connectivity index (χ2n) is 7.36. The van der Waals surface area contributed by atoms with E-state index in [1.165, 1.54) is 17.3 Å². The van der Waals surface area contributed by atoms with Gasteiger partial charge in [-0.2, -0.15) is 0 Å². The van der Waals surface area contributed by atoms with Gasteiger partial charge in [0.05, 0.1) is 11.3 Å². The molecule has 0 N–H and O–H groups in total. The van der Waals surface area contributed by atoms with Gasteiger partial charge >= 0.3 is 0 Å². The molecule has 1 atom stereocenters. The molecule has 2 fully saturated rings. The van der Waals surface area contributed by atoms with Crippen LogP contribution in [0.3, 0.4) is 0 Å². The van der Waals surface area contributed by atoms with Gasteiger partial charge in [-0.25, -0.2) is 4.68 Å². The third kappa shape index (κ3) is 4.09. The van der Waals surface area contributed by atoms with Gasteiger partial charge < -0.3 is 4.90 Å². The number of tetrazole rings is 1. The van der Waals surface area contributed by atoms with E-state index in [2.05, 4.69) is 45.9 Å². The summed E-state index contributed by atoms with van der Waals surface area (Å²) in [5.41, 5.74) is 1.40. The van der Waals surface area contributed by atoms with Crippen LogP contribution in [0, 0.1) is 5.92 Å². The minimum atomic E-state index is -0.149. The van der Waals surface area contributed by atoms with Crippen LogP contribution < -0.4 is 0 Å². The first-order valence-electron chi connectivity index (χ1n) is 9.48. The number of rotatable bonds is 6. The van der Waals surface area contributed by atoms with Crippen molar-refractivity contribution in [1.29, 1.82) is 0 Å². The van der Waals surface area contributed by atoms with Crippen molar-refractivity contribution >= 4 is 17.7 Å². The fourth-order valence-electron chi connectivity index (χ4n) is 3.58. The Morgan fingerprint density at radius 2 is 1.92 bits per heavy atom. The average molecular weight is 372 g/mol. The second kappa shape index (κ2) is 7.78. The number of thioether (sulfide) groups is 1. The molecule has 0 unspecified atom stereocenters. The highest BCUT2D eigenvalue weighted by Gasteiger charge is 2.31. The van der Waals surface area contributed by atoms with Crippen LogP contribution in [0.2, 0.25) is 0 Å². The number of aromatic nitrogens is 4. The Hall–Kier alpha value is -1.89. The van der Waals surface area contributed by atoms with Gasteiger partial charge in [0.2, 0.25) is 11.1 Å². The Labute approximate surface area is 158 Å². The van der Waals surface area contributed by atoms with E-state index in [4.69, 9.17) is 0 Å². The first-order valence-corrected chi connectivity index (χ1v) is 10.4. The van der Waals surface area contributed by atoms with E-state index in [1.54, 1.807) is 0 Å². The number of carbonyl (C=O) groups excluding carboxylic acids is 1. The van der Waals surface area contributed by atoms with Crippen LogP contribution in [0.5, 0.6) is 0 Å². The molecule has 0 spiro atoms. The number of hydrogen-bond acceptors (Lipinski definition) is 5. The third-order valence-electron chi connectivity index (χ3n) is 5.28. The maximum atomic E-state index is 12.8. The molecule has 7 heteroatoms. The molecule has 2 aliphatic rings. The van der Waals surface area contributed by atoms with Crippen molar-refractivity contribution in [1.82, 2.24) is 25.1 Å². The first-order chi connectivity index (χ1) is 12.7. The standard InChI is InChI=1S/C19H25N5OS/c1-14(26-19-20-21-22-24(19)17-7-8-17)18(25)23-11-9-16(10-12-23)13-15-5-3-2-4-6-15/h2-6,14,16-17H,7-13H2,1H3/t14-/m1/s1. The summed E-state index contributed by atoms with van der Waals surface area (Å²) in [5.74, 6) is 0.880. The minimum absolute atomic E-state index is 0.149. The van der Waals surface area contributed by atoms with E-state index >= 15 is 0 Å². The van der Waals surface area contributed by atoms with Crippen LogP contribution in [0.25, 0.3) is 0 Å². The summed E-state index contributed by atoms with van der Waals surface area (Å²) in [6, 6.07) is 11.1. The Morgan fingerprint density at radius 3 is 2.62 bits per heavy atom. The van der Waals surface area contributed by atoms with Gasteiger partial charge in [0.15, 0.2) is 0 Å². The highest BCUT2D eigenvalue weighted by molar-refractivity contribution is 8.00. The quantitative estimate of drug-likeness (QED) is 0.731. The van der Waals surface area contributed by atoms with Crippen molar-refractivity contribution in [2.45, 2.75) is 55.5 Å². The average Bonchev–Trinajstić information content (AvgIpc) is 3.42. The Kier molecular flexibility index (Phi) is 5.24. The molecule has 1 saturated heterocycles. The zero-order valence-corrected chi connectivity index (χ0v) is 15.9. The molecule has 1 aromatic heterocycles. The van der Waals surface area contributed by atoms with Crippen LogP contribution in [-0.4, -0.2) is 49.4 Å². The van der Waals surface area contributed by atoms with Crippen molar-refractivity contribution in [2.75, 3.05) is 13.1 Å². The van der Waals surface area contributed by atoms with Crippen LogP contribution in [0.15, 0.2) is 35.5 Å². The van der Waals surface area contributed by atoms with Crippen molar-refractivity contribution in [3.8, 4) is 0 Å². The zero-order valence-electron chi connectivity index (χ0n) is 15.1. The van der Waals surface area contributed by atoms with E-state index in [0.717, 1.165) is 50.4 Å². The van der Waals surface area contributed by atoms with Gasteiger partial charge in [-0.3, -0.25) is 4.79 Å². The Balaban J connectivity index is 1.28. The van der Waals surface area contributed by atoms with Crippen LogP contribution in [0.4, 0.5) is 0 Å². The number of likely N-dealkylation sites (tertiary alicyclic amines) is 1. The summed E-state index contributed by atoms with van der Waals surface area (Å²) in [6.45, 7) is 3.68. The fraction of sp³-hybridized carbons (Fsp3) is 0.579. The summed E-state index contributed by atoms with van der Waals surface area (Å²) in [7, 11) is 0. The fourth-order valence-corrected chi connectivity index (χ4v) is 4.53. The van der Waals surface area contributed by atoms with Crippen molar-refractivity contribution in [2.24, 2.45) is 5.92 Å². The Bertz CT molecular complexity index is 737. The van der Waals surface area contributed by atoms with Crippen molar-refractivity contribution in [3.63, 3.8) is 0 Å². The van der Waals surface area contributed by atoms with E-state index in [1.807, 2.05) is 16.5 Å². The summed E-state index contributed by atoms with van der Waals surface area (Å²) >= 11 is 1.49. The van der Waals surface area contributed by atoms with Crippen LogP contribution in [0.1, 0.15) is 44.2 Å². The maximum absolute atomic E-state index is 12.8. The van der Waals surface area contributed by atoms with E-state index in [0.29, 0.717) is 12.0 Å². The highest BCUT2D eigenvalue weighted by Crippen LogP contribution is 2.37. The smallest absolute Gasteiger partial charge is 0.235 e. The molecule has 0 bridgehead atoms. The Morgan fingerprint density at radius 1 is 1.19 bits per heavy atom. The second-order valence-corrected chi connectivity index (χ2v) is 8.66. The molecule has 26 heavy (non-hydrogen) atoms. The lowest BCUT2D eigenvalue weighted by Gasteiger charge is -2.33. The van der Waals surface area contributed by atoms with Gasteiger partial charge in [-0.05, 0) is 60.9 Å². The third-order valence-corrected chi connectivity index (χ3v) is 6.31. The summed E-state index contributed by atoms with van der Waals surface area (Å²) in [6.07, 6.45) is 5.55. The SMILES string of the molecule is C[C@@H](Sc1nnnn1C1CC1)C(=O)N1CCC(Cc2ccccc2)CC1. The summed E-state index contributed by atoms with van der Waals surface area (Å²) < 4.78 is 1.88. The minimum Gasteiger partial charge on any atom is -0.342 e. The van der Waals surface area contributed by atoms with Gasteiger partial charge in [0, 0.05) is 13.1 Å². The molecular weight excluding hydrogens is 346 g/mol. The molecular formula is C19H25N5OS. The molecule has 6 nitrogen and oxygen atoms in total. The first kappa shape index (κ1) is 17.5. The van der Waals surface area contributed by atoms with Crippen LogP contribution in [-0.2, 0) is 11.2 Å². The van der Waals surface area contributed by atoms with Gasteiger partial charge in [0.1, 0.15) is 0 Å². The van der Waals surface area contributed by atoms with E-state index < -0.39 is 0 Å². The molecule has 1 saturated carbocycles. The number of carbonyl (C=O) groups is 1. The largest absolute Gasteiger partial charge is 0.342 e. The number of piperidine rings is 1. The molecule has 1 aromatic carbocycles. The summed E-state index contributed by atoms with van der Waals surface area (Å²) in [4.78, 5) is 14.8. The molecule has 2 heterocycles. The maximum Gasteiger partial charge on any atom is 0.235 e. The van der Waals surface area contributed by atoms with Crippen molar-refractivity contribution < 1.29 is 4.79 Å². The number of amides is 1. The molecule has 0 radical (unpaired) electrons. The number of benzene rings is 1. The monoisotopic (exact) mass is 371 g/mol. The van der Waals surface area contributed by atoms with Gasteiger partial charge in [-0.1, -0.05) is 42.1 Å². The van der Waals surface area contributed by atoms with Gasteiger partial charge in [-0.15, -0.1) is 5.10 Å². The van der Waals surface area contributed by atoms with Crippen LogP contribution >= 0.6 is 11.8 Å². The normalized spacial score (nSPS) is 19.5. The summed E-state index contributed by atoms with van der Waals surface area (Å²) in [5, 5.41) is 12.6. The van der Waals surface area contributed by atoms with Gasteiger partial charge in [0.25, 0.3) is 0 Å². The number of hydrogen-bond donors (Lipinski definition) is 0. The molecule has 1 aliphatic carbocycles. The zero-order chi connectivity index (χ0) is 17.9. The topological polar surface area (TPSA) is 63.9 Å². The lowest BCUT2D eigenvalue weighted by atomic mass is 9.90. The molecule has 2 aromatic rings. The predicted octanol–water partition coefficient (Wildman–Crippen LogP) is 2.97. The highest BCUT2D eigenvalue weighted by atomic mass is 32.2.